The molecule has 5 heteroatoms. The van der Waals surface area contributed by atoms with Crippen LogP contribution in [0.15, 0.2) is 18.2 Å². The van der Waals surface area contributed by atoms with E-state index in [1.807, 2.05) is 0 Å². The normalized spacial score (nSPS) is 18.6. The van der Waals surface area contributed by atoms with E-state index >= 15 is 0 Å². The minimum absolute atomic E-state index is 0.177. The van der Waals surface area contributed by atoms with Gasteiger partial charge in [-0.15, -0.1) is 0 Å². The number of halogens is 1. The summed E-state index contributed by atoms with van der Waals surface area (Å²) in [5.74, 6) is -0.614. The van der Waals surface area contributed by atoms with Crippen LogP contribution in [0.3, 0.4) is 0 Å². The Hall–Kier alpha value is -1.46. The number of ether oxygens (including phenoxy) is 1. The number of nitrogens with zero attached hydrogens (tertiary/aromatic N) is 1. The minimum atomic E-state index is -0.384. The topological polar surface area (TPSA) is 62.3 Å². The maximum atomic E-state index is 14.3. The molecule has 1 fully saturated rings. The first-order valence-corrected chi connectivity index (χ1v) is 7.07. The highest BCUT2D eigenvalue weighted by Crippen LogP contribution is 2.18. The van der Waals surface area contributed by atoms with Gasteiger partial charge in [-0.1, -0.05) is 19.1 Å². The molecule has 0 spiro atoms. The van der Waals surface area contributed by atoms with Crippen LogP contribution < -0.4 is 5.73 Å². The van der Waals surface area contributed by atoms with Gasteiger partial charge in [0, 0.05) is 25.3 Å². The first-order valence-electron chi connectivity index (χ1n) is 7.07. The van der Waals surface area contributed by atoms with Crippen molar-refractivity contribution in [3.63, 3.8) is 0 Å². The molecule has 1 heterocycles. The summed E-state index contributed by atoms with van der Waals surface area (Å²) in [6, 6.07) is 5.03. The van der Waals surface area contributed by atoms with E-state index in [9.17, 15) is 4.39 Å². The lowest BCUT2D eigenvalue weighted by Gasteiger charge is -2.24. The quantitative estimate of drug-likeness (QED) is 0.619. The molecular weight excluding hydrogens is 257 g/mol. The third kappa shape index (κ3) is 3.55. The summed E-state index contributed by atoms with van der Waals surface area (Å²) in [5, 5.41) is 7.39. The largest absolute Gasteiger partial charge is 0.384 e. The molecule has 20 heavy (non-hydrogen) atoms. The van der Waals surface area contributed by atoms with Crippen molar-refractivity contribution < 1.29 is 9.13 Å². The lowest BCUT2D eigenvalue weighted by molar-refractivity contribution is 0.0721. The molecule has 1 aliphatic heterocycles. The molecule has 110 valence electrons. The monoisotopic (exact) mass is 279 g/mol. The second kappa shape index (κ2) is 6.81. The molecule has 0 amide bonds. The van der Waals surface area contributed by atoms with Crippen LogP contribution in [0.5, 0.6) is 0 Å². The van der Waals surface area contributed by atoms with Crippen LogP contribution >= 0.6 is 0 Å². The fraction of sp³-hybridized carbons (Fsp3) is 0.533. The number of hydrogen-bond donors (Lipinski definition) is 2. The van der Waals surface area contributed by atoms with Crippen molar-refractivity contribution >= 4 is 5.84 Å². The van der Waals surface area contributed by atoms with Gasteiger partial charge in [0.2, 0.25) is 0 Å². The van der Waals surface area contributed by atoms with Gasteiger partial charge >= 0.3 is 0 Å². The third-order valence-corrected chi connectivity index (χ3v) is 3.70. The Labute approximate surface area is 119 Å². The summed E-state index contributed by atoms with van der Waals surface area (Å²) < 4.78 is 19.9. The highest BCUT2D eigenvalue weighted by molar-refractivity contribution is 5.95. The maximum absolute atomic E-state index is 14.3. The molecule has 4 nitrogen and oxygen atoms in total. The lowest BCUT2D eigenvalue weighted by atomic mass is 10.1. The molecule has 1 atom stereocenters. The highest BCUT2D eigenvalue weighted by Gasteiger charge is 2.20. The number of nitrogens with one attached hydrogen (secondary N) is 1. The van der Waals surface area contributed by atoms with E-state index in [2.05, 4.69) is 11.8 Å². The SMILES string of the molecule is CCN(Cc1cccc(C(=N)N)c1F)CC1CCCO1. The molecule has 1 aromatic rings. The Morgan fingerprint density at radius 1 is 1.55 bits per heavy atom. The molecule has 0 aliphatic carbocycles. The van der Waals surface area contributed by atoms with Gasteiger partial charge in [-0.2, -0.15) is 0 Å². The van der Waals surface area contributed by atoms with Gasteiger partial charge in [-0.05, 0) is 25.5 Å². The number of nitrogens with two attached hydrogens (primary N) is 1. The van der Waals surface area contributed by atoms with Crippen LogP contribution in [0.1, 0.15) is 30.9 Å². The number of nitrogen functional groups attached to an aromatic ring is 1. The predicted octanol–water partition coefficient (Wildman–Crippen LogP) is 2.11. The van der Waals surface area contributed by atoms with Gasteiger partial charge in [0.05, 0.1) is 11.7 Å². The number of amidine groups is 1. The summed E-state index contributed by atoms with van der Waals surface area (Å²) in [4.78, 5) is 2.16. The summed E-state index contributed by atoms with van der Waals surface area (Å²) in [6.45, 7) is 5.06. The van der Waals surface area contributed by atoms with E-state index < -0.39 is 0 Å². The van der Waals surface area contributed by atoms with E-state index in [4.69, 9.17) is 15.9 Å². The zero-order valence-electron chi connectivity index (χ0n) is 11.9. The average molecular weight is 279 g/mol. The van der Waals surface area contributed by atoms with Crippen LogP contribution in [-0.4, -0.2) is 36.5 Å². The summed E-state index contributed by atoms with van der Waals surface area (Å²) in [6.07, 6.45) is 2.44. The second-order valence-corrected chi connectivity index (χ2v) is 5.16. The third-order valence-electron chi connectivity index (χ3n) is 3.70. The molecule has 1 saturated heterocycles. The van der Waals surface area contributed by atoms with Gasteiger partial charge in [0.1, 0.15) is 11.7 Å². The molecule has 1 aromatic carbocycles. The van der Waals surface area contributed by atoms with Crippen LogP contribution in [0.4, 0.5) is 4.39 Å². The van der Waals surface area contributed by atoms with Crippen molar-refractivity contribution in [3.8, 4) is 0 Å². The molecule has 1 aliphatic rings. The number of likely N-dealkylation sites (N-methyl/N-ethyl adjacent to an activating group) is 1. The molecule has 2 rings (SSSR count). The van der Waals surface area contributed by atoms with Gasteiger partial charge in [0.15, 0.2) is 0 Å². The molecule has 0 bridgehead atoms. The second-order valence-electron chi connectivity index (χ2n) is 5.16. The minimum Gasteiger partial charge on any atom is -0.384 e. The van der Waals surface area contributed by atoms with Crippen LogP contribution in [-0.2, 0) is 11.3 Å². The van der Waals surface area contributed by atoms with Gasteiger partial charge in [-0.3, -0.25) is 10.3 Å². The Balaban J connectivity index is 2.06. The zero-order chi connectivity index (χ0) is 14.5. The van der Waals surface area contributed by atoms with Crippen molar-refractivity contribution in [2.45, 2.75) is 32.4 Å². The van der Waals surface area contributed by atoms with Crippen molar-refractivity contribution in [2.75, 3.05) is 19.7 Å². The lowest BCUT2D eigenvalue weighted by Crippen LogP contribution is -2.32. The zero-order valence-corrected chi connectivity index (χ0v) is 11.9. The molecule has 0 radical (unpaired) electrons. The summed E-state index contributed by atoms with van der Waals surface area (Å²) in [5.41, 5.74) is 6.15. The van der Waals surface area contributed by atoms with Crippen LogP contribution in [0.25, 0.3) is 0 Å². The van der Waals surface area contributed by atoms with Crippen LogP contribution in [0.2, 0.25) is 0 Å². The van der Waals surface area contributed by atoms with Crippen molar-refractivity contribution in [1.29, 1.82) is 5.41 Å². The fourth-order valence-electron chi connectivity index (χ4n) is 2.53. The average Bonchev–Trinajstić information content (AvgIpc) is 2.92. The van der Waals surface area contributed by atoms with Gasteiger partial charge in [0.25, 0.3) is 0 Å². The predicted molar refractivity (Wildman–Crippen MR) is 77.3 cm³/mol. The number of rotatable bonds is 6. The van der Waals surface area contributed by atoms with Crippen LogP contribution in [0, 0.1) is 11.2 Å². The molecule has 3 N–H and O–H groups in total. The van der Waals surface area contributed by atoms with Crippen molar-refractivity contribution in [3.05, 3.63) is 35.1 Å². The van der Waals surface area contributed by atoms with E-state index in [1.54, 1.807) is 12.1 Å². The van der Waals surface area contributed by atoms with E-state index in [-0.39, 0.29) is 23.3 Å². The first kappa shape index (κ1) is 14.9. The standard InChI is InChI=1S/C15H22FN3O/c1-2-19(10-12-6-4-8-20-12)9-11-5-3-7-13(14(11)16)15(17)18/h3,5,7,12H,2,4,6,8-10H2,1H3,(H3,17,18). The Kier molecular flexibility index (Phi) is 5.09. The van der Waals surface area contributed by atoms with Crippen molar-refractivity contribution in [1.82, 2.24) is 4.90 Å². The molecule has 1 unspecified atom stereocenters. The van der Waals surface area contributed by atoms with E-state index in [0.717, 1.165) is 32.5 Å². The summed E-state index contributed by atoms with van der Waals surface area (Å²) >= 11 is 0. The van der Waals surface area contributed by atoms with Crippen molar-refractivity contribution in [2.24, 2.45) is 5.73 Å². The number of benzene rings is 1. The molecule has 0 aromatic heterocycles. The van der Waals surface area contributed by atoms with E-state index in [1.165, 1.54) is 6.07 Å². The highest BCUT2D eigenvalue weighted by atomic mass is 19.1. The smallest absolute Gasteiger partial charge is 0.138 e. The van der Waals surface area contributed by atoms with Gasteiger partial charge in [-0.25, -0.2) is 4.39 Å². The molecule has 0 saturated carbocycles. The Morgan fingerprint density at radius 3 is 2.95 bits per heavy atom. The van der Waals surface area contributed by atoms with Gasteiger partial charge < -0.3 is 10.5 Å². The first-order chi connectivity index (χ1) is 9.61. The maximum Gasteiger partial charge on any atom is 0.138 e. The van der Waals surface area contributed by atoms with E-state index in [0.29, 0.717) is 12.1 Å². The number of hydrogen-bond acceptors (Lipinski definition) is 3. The Morgan fingerprint density at radius 2 is 2.35 bits per heavy atom. The molecular formula is C15H22FN3O. The summed E-state index contributed by atoms with van der Waals surface area (Å²) in [7, 11) is 0. The fourth-order valence-corrected chi connectivity index (χ4v) is 2.53. The Bertz CT molecular complexity index is 472.